The Bertz CT molecular complexity index is 1360. The van der Waals surface area contributed by atoms with E-state index in [-0.39, 0.29) is 11.9 Å². The van der Waals surface area contributed by atoms with Gasteiger partial charge in [-0.1, -0.05) is 61.3 Å². The number of carbonyl (C=O) groups excluding carboxylic acids is 1. The van der Waals surface area contributed by atoms with Crippen LogP contribution in [0.3, 0.4) is 0 Å². The second-order valence-corrected chi connectivity index (χ2v) is 10.6. The third-order valence-electron chi connectivity index (χ3n) is 6.61. The molecule has 1 unspecified atom stereocenters. The second kappa shape index (κ2) is 12.6. The lowest BCUT2D eigenvalue weighted by Crippen LogP contribution is -2.12. The van der Waals surface area contributed by atoms with Gasteiger partial charge in [-0.15, -0.1) is 11.8 Å². The molecule has 4 rings (SSSR count). The minimum absolute atomic E-state index is 0.261. The molecule has 1 atom stereocenters. The molecular weight excluding hydrogens is 504 g/mol. The molecule has 0 N–H and O–H groups in total. The summed E-state index contributed by atoms with van der Waals surface area (Å²) in [6.07, 6.45) is 4.63. The number of benzene rings is 3. The average Bonchev–Trinajstić information content (AvgIpc) is 3.36. The number of fused-ring (bicyclic) bond motifs is 1. The van der Waals surface area contributed by atoms with E-state index in [1.54, 1.807) is 11.8 Å². The molecule has 4 nitrogen and oxygen atoms in total. The fourth-order valence-electron chi connectivity index (χ4n) is 4.58. The van der Waals surface area contributed by atoms with Gasteiger partial charge in [0.05, 0.1) is 30.9 Å². The summed E-state index contributed by atoms with van der Waals surface area (Å²) >= 11 is 8.34. The Kier molecular flexibility index (Phi) is 9.23. The molecule has 0 fully saturated rings. The van der Waals surface area contributed by atoms with Gasteiger partial charge >= 0.3 is 5.97 Å². The largest absolute Gasteiger partial charge is 0.493 e. The molecule has 4 aromatic rings. The standard InChI is InChI=1S/C31H33ClO4S/c1-5-10-25-27(15-13-24-26(19-36-30(24)25)22-11-7-6-8-12-22)35-17-9-18-37-28-16-14-23(20(2)29(28)32)21(3)31(33)34-4/h6-8,11-16,19,21H,5,9-10,17-18H2,1-4H3. The van der Waals surface area contributed by atoms with Crippen LogP contribution in [0.4, 0.5) is 0 Å². The molecule has 0 saturated heterocycles. The van der Waals surface area contributed by atoms with Crippen molar-refractivity contribution >= 4 is 40.3 Å². The lowest BCUT2D eigenvalue weighted by Gasteiger charge is -2.16. The van der Waals surface area contributed by atoms with Crippen molar-refractivity contribution in [1.82, 2.24) is 0 Å². The Balaban J connectivity index is 1.40. The number of ether oxygens (including phenoxy) is 2. The lowest BCUT2D eigenvalue weighted by atomic mass is 9.96. The Morgan fingerprint density at radius 3 is 2.62 bits per heavy atom. The summed E-state index contributed by atoms with van der Waals surface area (Å²) in [4.78, 5) is 12.9. The number of carbonyl (C=O) groups is 1. The van der Waals surface area contributed by atoms with Gasteiger partial charge in [0, 0.05) is 27.2 Å². The maximum atomic E-state index is 11.9. The van der Waals surface area contributed by atoms with Crippen LogP contribution in [0, 0.1) is 6.92 Å². The van der Waals surface area contributed by atoms with Crippen LogP contribution in [-0.4, -0.2) is 25.4 Å². The molecule has 0 radical (unpaired) electrons. The smallest absolute Gasteiger partial charge is 0.312 e. The van der Waals surface area contributed by atoms with Gasteiger partial charge in [0.15, 0.2) is 0 Å². The number of methoxy groups -OCH3 is 1. The lowest BCUT2D eigenvalue weighted by molar-refractivity contribution is -0.142. The van der Waals surface area contributed by atoms with Crippen molar-refractivity contribution in [2.75, 3.05) is 19.5 Å². The molecule has 37 heavy (non-hydrogen) atoms. The number of halogens is 1. The first-order valence-electron chi connectivity index (χ1n) is 12.7. The first-order chi connectivity index (χ1) is 18.0. The normalized spacial score (nSPS) is 12.0. The van der Waals surface area contributed by atoms with Gasteiger partial charge in [-0.3, -0.25) is 4.79 Å². The number of aryl methyl sites for hydroxylation is 1. The van der Waals surface area contributed by atoms with E-state index in [9.17, 15) is 4.79 Å². The highest BCUT2D eigenvalue weighted by Crippen LogP contribution is 2.38. The van der Waals surface area contributed by atoms with Crippen LogP contribution in [0.1, 0.15) is 49.3 Å². The summed E-state index contributed by atoms with van der Waals surface area (Å²) in [6.45, 7) is 6.57. The van der Waals surface area contributed by atoms with Crippen LogP contribution in [0.2, 0.25) is 5.02 Å². The Hall–Kier alpha value is -2.89. The van der Waals surface area contributed by atoms with E-state index >= 15 is 0 Å². The van der Waals surface area contributed by atoms with Crippen LogP contribution in [0.25, 0.3) is 22.1 Å². The zero-order valence-corrected chi connectivity index (χ0v) is 23.4. The molecule has 0 aliphatic carbocycles. The molecule has 0 saturated carbocycles. The molecular formula is C31H33ClO4S. The molecule has 3 aromatic carbocycles. The fraction of sp³-hybridized carbons (Fsp3) is 0.323. The molecule has 0 spiro atoms. The first-order valence-corrected chi connectivity index (χ1v) is 14.0. The minimum atomic E-state index is -0.345. The Morgan fingerprint density at radius 2 is 1.89 bits per heavy atom. The van der Waals surface area contributed by atoms with Crippen molar-refractivity contribution in [3.8, 4) is 16.9 Å². The van der Waals surface area contributed by atoms with Crippen LogP contribution >= 0.6 is 23.4 Å². The first kappa shape index (κ1) is 27.2. The number of furan rings is 1. The van der Waals surface area contributed by atoms with Crippen molar-refractivity contribution in [2.24, 2.45) is 0 Å². The van der Waals surface area contributed by atoms with E-state index < -0.39 is 0 Å². The quantitative estimate of drug-likeness (QED) is 0.109. The molecule has 6 heteroatoms. The van der Waals surface area contributed by atoms with Gasteiger partial charge in [-0.05, 0) is 61.6 Å². The molecule has 1 heterocycles. The van der Waals surface area contributed by atoms with Crippen LogP contribution in [0.15, 0.2) is 70.2 Å². The highest BCUT2D eigenvalue weighted by Gasteiger charge is 2.20. The summed E-state index contributed by atoms with van der Waals surface area (Å²) in [5.74, 6) is 1.16. The van der Waals surface area contributed by atoms with E-state index in [1.807, 2.05) is 50.4 Å². The summed E-state index contributed by atoms with van der Waals surface area (Å²) in [5.41, 5.74) is 6.12. The van der Waals surface area contributed by atoms with Crippen LogP contribution in [0.5, 0.6) is 5.75 Å². The molecule has 0 aliphatic heterocycles. The highest BCUT2D eigenvalue weighted by atomic mass is 35.5. The zero-order valence-electron chi connectivity index (χ0n) is 21.8. The Morgan fingerprint density at radius 1 is 1.11 bits per heavy atom. The fourth-order valence-corrected chi connectivity index (χ4v) is 5.85. The van der Waals surface area contributed by atoms with Crippen LogP contribution < -0.4 is 4.74 Å². The van der Waals surface area contributed by atoms with Gasteiger partial charge < -0.3 is 13.9 Å². The molecule has 194 valence electrons. The SMILES string of the molecule is CCCc1c(OCCCSc2ccc(C(C)C(=O)OC)c(C)c2Cl)ccc2c(-c3ccccc3)coc12. The molecule has 1 aromatic heterocycles. The van der Waals surface area contributed by atoms with E-state index in [2.05, 4.69) is 31.2 Å². The van der Waals surface area contributed by atoms with Gasteiger partial charge in [-0.2, -0.15) is 0 Å². The number of hydrogen-bond acceptors (Lipinski definition) is 5. The monoisotopic (exact) mass is 536 g/mol. The van der Waals surface area contributed by atoms with Crippen molar-refractivity contribution in [3.05, 3.63) is 82.6 Å². The predicted molar refractivity (Wildman–Crippen MR) is 153 cm³/mol. The maximum Gasteiger partial charge on any atom is 0.312 e. The summed E-state index contributed by atoms with van der Waals surface area (Å²) in [7, 11) is 1.40. The average molecular weight is 537 g/mol. The van der Waals surface area contributed by atoms with Gasteiger partial charge in [0.25, 0.3) is 0 Å². The van der Waals surface area contributed by atoms with E-state index in [4.69, 9.17) is 25.5 Å². The topological polar surface area (TPSA) is 48.7 Å². The second-order valence-electron chi connectivity index (χ2n) is 9.07. The van der Waals surface area contributed by atoms with Crippen molar-refractivity contribution in [3.63, 3.8) is 0 Å². The van der Waals surface area contributed by atoms with Crippen LogP contribution in [-0.2, 0) is 16.0 Å². The highest BCUT2D eigenvalue weighted by molar-refractivity contribution is 7.99. The number of rotatable bonds is 11. The van der Waals surface area contributed by atoms with E-state index in [0.717, 1.165) is 74.4 Å². The summed E-state index contributed by atoms with van der Waals surface area (Å²) in [5, 5.41) is 1.81. The van der Waals surface area contributed by atoms with E-state index in [1.165, 1.54) is 7.11 Å². The van der Waals surface area contributed by atoms with E-state index in [0.29, 0.717) is 11.6 Å². The van der Waals surface area contributed by atoms with Crippen molar-refractivity contribution < 1.29 is 18.7 Å². The zero-order chi connectivity index (χ0) is 26.4. The number of hydrogen-bond donors (Lipinski definition) is 0. The van der Waals surface area contributed by atoms with Gasteiger partial charge in [0.1, 0.15) is 11.3 Å². The van der Waals surface area contributed by atoms with Gasteiger partial charge in [0.2, 0.25) is 0 Å². The summed E-state index contributed by atoms with van der Waals surface area (Å²) < 4.78 is 17.2. The minimum Gasteiger partial charge on any atom is -0.493 e. The predicted octanol–water partition coefficient (Wildman–Crippen LogP) is 8.85. The molecule has 0 bridgehead atoms. The number of thioether (sulfide) groups is 1. The summed E-state index contributed by atoms with van der Waals surface area (Å²) in [6, 6.07) is 18.5. The van der Waals surface area contributed by atoms with Crippen molar-refractivity contribution in [1.29, 1.82) is 0 Å². The Labute approximate surface area is 228 Å². The third-order valence-corrected chi connectivity index (χ3v) is 8.35. The molecule has 0 amide bonds. The third kappa shape index (κ3) is 6.00. The van der Waals surface area contributed by atoms with Gasteiger partial charge in [-0.25, -0.2) is 0 Å². The number of esters is 1. The van der Waals surface area contributed by atoms with Crippen molar-refractivity contribution in [2.45, 2.75) is 50.8 Å². The molecule has 0 aliphatic rings. The maximum absolute atomic E-state index is 11.9.